The normalized spacial score (nSPS) is 14.0. The fourth-order valence-electron chi connectivity index (χ4n) is 1.39. The van der Waals surface area contributed by atoms with Crippen molar-refractivity contribution in [3.8, 4) is 0 Å². The van der Waals surface area contributed by atoms with E-state index in [9.17, 15) is 19.6 Å². The van der Waals surface area contributed by atoms with E-state index >= 15 is 0 Å². The van der Waals surface area contributed by atoms with Crippen LogP contribution in [0, 0.1) is 10.1 Å². The number of nitro groups is 1. The van der Waals surface area contributed by atoms with Crippen LogP contribution in [0.1, 0.15) is 18.9 Å². The van der Waals surface area contributed by atoms with E-state index in [0.29, 0.717) is 18.7 Å². The van der Waals surface area contributed by atoms with Crippen molar-refractivity contribution in [2.75, 3.05) is 12.3 Å². The van der Waals surface area contributed by atoms with Crippen molar-refractivity contribution >= 4 is 23.8 Å². The van der Waals surface area contributed by atoms with Crippen molar-refractivity contribution in [3.63, 3.8) is 0 Å². The van der Waals surface area contributed by atoms with Gasteiger partial charge >= 0.3 is 6.72 Å². The molecule has 0 amide bonds. The van der Waals surface area contributed by atoms with Crippen LogP contribution in [-0.4, -0.2) is 22.1 Å². The molecule has 8 heteroatoms. The van der Waals surface area contributed by atoms with Crippen LogP contribution < -0.4 is 5.09 Å². The van der Waals surface area contributed by atoms with E-state index < -0.39 is 11.6 Å². The predicted molar refractivity (Wildman–Crippen MR) is 77.4 cm³/mol. The Bertz CT molecular complexity index is 466. The average Bonchev–Trinajstić information content (AvgIpc) is 2.37. The minimum absolute atomic E-state index is 0.0445. The number of nitro benzene ring substituents is 1. The third kappa shape index (κ3) is 6.20. The zero-order chi connectivity index (χ0) is 14.3. The van der Waals surface area contributed by atoms with Crippen molar-refractivity contribution in [1.29, 1.82) is 0 Å². The highest BCUT2D eigenvalue weighted by Gasteiger charge is 2.16. The van der Waals surface area contributed by atoms with Crippen LogP contribution in [0.3, 0.4) is 0 Å². The first-order valence-electron chi connectivity index (χ1n) is 5.90. The Morgan fingerprint density at radius 2 is 2.05 bits per heavy atom. The summed E-state index contributed by atoms with van der Waals surface area (Å²) in [5.41, 5.74) is 0.932. The average molecular weight is 304 g/mol. The van der Waals surface area contributed by atoms with Gasteiger partial charge in [-0.15, -0.1) is 0 Å². The number of hydrogen-bond acceptors (Lipinski definition) is 4. The summed E-state index contributed by atoms with van der Waals surface area (Å²) in [6.45, 7) is -1.00. The van der Waals surface area contributed by atoms with Crippen LogP contribution in [0.5, 0.6) is 0 Å². The highest BCUT2D eigenvalue weighted by Crippen LogP contribution is 2.50. The van der Waals surface area contributed by atoms with Crippen LogP contribution in [0.2, 0.25) is 0 Å². The van der Waals surface area contributed by atoms with Crippen LogP contribution in [0.4, 0.5) is 5.69 Å². The zero-order valence-corrected chi connectivity index (χ0v) is 12.3. The van der Waals surface area contributed by atoms with Gasteiger partial charge in [0.25, 0.3) is 5.69 Å². The Kier molecular flexibility index (Phi) is 6.51. The molecule has 0 heterocycles. The molecule has 1 aromatic carbocycles. The first-order chi connectivity index (χ1) is 8.94. The maximum atomic E-state index is 11.6. The number of benzene rings is 1. The molecule has 1 atom stereocenters. The molecule has 0 aliphatic rings. The standard InChI is InChI=1S/C11H17N2O4PS/c1-2-9-19-18(16,17)12-8-7-10-3-5-11(6-4-10)13(14)15/h3-6H,2,7-9H2,1H3,(H2,12,16,17). The number of nitrogens with zero attached hydrogens (tertiary/aromatic N) is 1. The van der Waals surface area contributed by atoms with Gasteiger partial charge in [-0.1, -0.05) is 30.4 Å². The first kappa shape index (κ1) is 16.2. The van der Waals surface area contributed by atoms with Gasteiger partial charge in [0.15, 0.2) is 0 Å². The summed E-state index contributed by atoms with van der Waals surface area (Å²) in [4.78, 5) is 19.6. The lowest BCUT2D eigenvalue weighted by atomic mass is 10.1. The van der Waals surface area contributed by atoms with Gasteiger partial charge in [0.05, 0.1) is 4.92 Å². The van der Waals surface area contributed by atoms with Crippen LogP contribution in [0.25, 0.3) is 0 Å². The Labute approximate surface area is 116 Å². The molecule has 1 aromatic rings. The van der Waals surface area contributed by atoms with Gasteiger partial charge in [-0.2, -0.15) is 0 Å². The number of nitrogens with one attached hydrogen (secondary N) is 1. The minimum atomic E-state index is -3.31. The lowest BCUT2D eigenvalue weighted by Gasteiger charge is -2.11. The van der Waals surface area contributed by atoms with Crippen LogP contribution in [0.15, 0.2) is 24.3 Å². The summed E-state index contributed by atoms with van der Waals surface area (Å²) in [5, 5.41) is 13.1. The highest BCUT2D eigenvalue weighted by atomic mass is 32.7. The molecule has 0 aromatic heterocycles. The van der Waals surface area contributed by atoms with Gasteiger partial charge in [-0.25, -0.2) is 5.09 Å². The van der Waals surface area contributed by atoms with E-state index in [0.717, 1.165) is 23.4 Å². The lowest BCUT2D eigenvalue weighted by Crippen LogP contribution is -2.12. The molecule has 106 valence electrons. The van der Waals surface area contributed by atoms with Crippen molar-refractivity contribution in [3.05, 3.63) is 39.9 Å². The second-order valence-electron chi connectivity index (χ2n) is 3.94. The lowest BCUT2D eigenvalue weighted by molar-refractivity contribution is -0.384. The molecule has 0 fully saturated rings. The first-order valence-corrected chi connectivity index (χ1v) is 9.15. The van der Waals surface area contributed by atoms with Crippen LogP contribution in [-0.2, 0) is 11.0 Å². The molecular formula is C11H17N2O4PS. The molecule has 0 aliphatic carbocycles. The number of hydrogen-bond donors (Lipinski definition) is 2. The Hall–Kier alpha value is -0.880. The van der Waals surface area contributed by atoms with E-state index in [1.807, 2.05) is 6.92 Å². The Balaban J connectivity index is 2.40. The molecule has 0 aliphatic heterocycles. The minimum Gasteiger partial charge on any atom is -0.326 e. The molecule has 0 saturated carbocycles. The second-order valence-corrected chi connectivity index (χ2v) is 8.22. The van der Waals surface area contributed by atoms with Gasteiger partial charge in [0.2, 0.25) is 0 Å². The summed E-state index contributed by atoms with van der Waals surface area (Å²) in [7, 11) is 0. The molecule has 6 nitrogen and oxygen atoms in total. The van der Waals surface area contributed by atoms with Gasteiger partial charge in [-0.3, -0.25) is 14.7 Å². The monoisotopic (exact) mass is 304 g/mol. The van der Waals surface area contributed by atoms with E-state index in [2.05, 4.69) is 5.09 Å². The zero-order valence-electron chi connectivity index (χ0n) is 10.6. The van der Waals surface area contributed by atoms with Crippen molar-refractivity contribution in [2.24, 2.45) is 0 Å². The molecule has 0 spiro atoms. The summed E-state index contributed by atoms with van der Waals surface area (Å²) in [6.07, 6.45) is 1.40. The molecule has 0 bridgehead atoms. The maximum absolute atomic E-state index is 11.6. The van der Waals surface area contributed by atoms with Gasteiger partial charge in [-0.05, 0) is 18.4 Å². The summed E-state index contributed by atoms with van der Waals surface area (Å²) in [5.74, 6) is 0.637. The van der Waals surface area contributed by atoms with Crippen LogP contribution >= 0.6 is 18.1 Å². The van der Waals surface area contributed by atoms with E-state index in [4.69, 9.17) is 0 Å². The topological polar surface area (TPSA) is 92.5 Å². The van der Waals surface area contributed by atoms with E-state index in [-0.39, 0.29) is 5.69 Å². The van der Waals surface area contributed by atoms with E-state index in [1.54, 1.807) is 12.1 Å². The molecule has 2 N–H and O–H groups in total. The van der Waals surface area contributed by atoms with Crippen molar-refractivity contribution < 1.29 is 14.4 Å². The molecule has 1 unspecified atom stereocenters. The predicted octanol–water partition coefficient (Wildman–Crippen LogP) is 2.97. The van der Waals surface area contributed by atoms with Gasteiger partial charge in [0.1, 0.15) is 0 Å². The Morgan fingerprint density at radius 3 is 2.58 bits per heavy atom. The van der Waals surface area contributed by atoms with Gasteiger partial charge in [0, 0.05) is 24.4 Å². The molecule has 1 rings (SSSR count). The number of non-ortho nitro benzene ring substituents is 1. The number of rotatable bonds is 8. The summed E-state index contributed by atoms with van der Waals surface area (Å²) in [6, 6.07) is 6.17. The molecule has 0 radical (unpaired) electrons. The largest absolute Gasteiger partial charge is 0.326 e. The second kappa shape index (κ2) is 7.65. The Morgan fingerprint density at radius 1 is 1.42 bits per heavy atom. The third-order valence-corrected chi connectivity index (χ3v) is 5.89. The van der Waals surface area contributed by atoms with E-state index in [1.165, 1.54) is 12.1 Å². The third-order valence-electron chi connectivity index (χ3n) is 2.34. The van der Waals surface area contributed by atoms with Gasteiger partial charge < -0.3 is 4.89 Å². The fourth-order valence-corrected chi connectivity index (χ4v) is 4.14. The SMILES string of the molecule is CCCSP(=O)(O)NCCc1ccc([N+](=O)[O-])cc1. The van der Waals surface area contributed by atoms with Crippen molar-refractivity contribution in [2.45, 2.75) is 19.8 Å². The molecular weight excluding hydrogens is 287 g/mol. The molecule has 19 heavy (non-hydrogen) atoms. The quantitative estimate of drug-likeness (QED) is 0.436. The highest BCUT2D eigenvalue weighted by molar-refractivity contribution is 8.55. The maximum Gasteiger partial charge on any atom is 0.323 e. The fraction of sp³-hybridized carbons (Fsp3) is 0.455. The van der Waals surface area contributed by atoms with Crippen molar-refractivity contribution in [1.82, 2.24) is 5.09 Å². The summed E-state index contributed by atoms with van der Waals surface area (Å²) < 4.78 is 11.6. The smallest absolute Gasteiger partial charge is 0.323 e. The summed E-state index contributed by atoms with van der Waals surface area (Å²) >= 11 is 1.03. The molecule has 0 saturated heterocycles.